The van der Waals surface area contributed by atoms with Gasteiger partial charge in [0.15, 0.2) is 5.79 Å². The molecule has 6 nitrogen and oxygen atoms in total. The van der Waals surface area contributed by atoms with Gasteiger partial charge in [-0.3, -0.25) is 4.79 Å². The first-order valence-corrected chi connectivity index (χ1v) is 8.25. The van der Waals surface area contributed by atoms with Crippen LogP contribution in [-0.4, -0.2) is 49.6 Å². The molecule has 1 aliphatic carbocycles. The van der Waals surface area contributed by atoms with Gasteiger partial charge in [-0.2, -0.15) is 13.2 Å². The number of rotatable bonds is 6. The number of fused-ring (bicyclic) bond motifs is 2. The van der Waals surface area contributed by atoms with Gasteiger partial charge < -0.3 is 19.5 Å². The van der Waals surface area contributed by atoms with Gasteiger partial charge in [-0.25, -0.2) is 4.79 Å². The van der Waals surface area contributed by atoms with E-state index in [9.17, 15) is 22.8 Å². The molecule has 142 valence electrons. The van der Waals surface area contributed by atoms with Crippen LogP contribution >= 0.6 is 0 Å². The van der Waals surface area contributed by atoms with Gasteiger partial charge >= 0.3 is 12.1 Å². The fourth-order valence-corrected chi connectivity index (χ4v) is 3.53. The average molecular weight is 365 g/mol. The molecule has 25 heavy (non-hydrogen) atoms. The Bertz CT molecular complexity index is 567. The minimum Gasteiger partial charge on any atom is -0.463 e. The highest BCUT2D eigenvalue weighted by Gasteiger charge is 2.61. The normalized spacial score (nSPS) is 25.6. The first kappa shape index (κ1) is 19.7. The molecule has 0 aromatic rings. The number of nitrogens with one attached hydrogen (secondary N) is 1. The summed E-state index contributed by atoms with van der Waals surface area (Å²) in [4.78, 5) is 24.4. The Morgan fingerprint density at radius 1 is 1.16 bits per heavy atom. The lowest BCUT2D eigenvalue weighted by molar-refractivity contribution is -0.285. The first-order valence-electron chi connectivity index (χ1n) is 8.25. The smallest absolute Gasteiger partial charge is 0.431 e. The van der Waals surface area contributed by atoms with E-state index in [4.69, 9.17) is 14.2 Å². The Morgan fingerprint density at radius 3 is 2.24 bits per heavy atom. The second-order valence-electron chi connectivity index (χ2n) is 5.79. The molecule has 1 fully saturated rings. The van der Waals surface area contributed by atoms with Crippen molar-refractivity contribution < 1.29 is 37.0 Å². The zero-order valence-corrected chi connectivity index (χ0v) is 14.4. The van der Waals surface area contributed by atoms with E-state index in [1.165, 1.54) is 6.92 Å². The van der Waals surface area contributed by atoms with E-state index in [0.29, 0.717) is 0 Å². The van der Waals surface area contributed by atoms with Crippen LogP contribution < -0.4 is 5.32 Å². The summed E-state index contributed by atoms with van der Waals surface area (Å²) in [7, 11) is 0. The molecule has 0 aromatic heterocycles. The number of allylic oxidation sites excluding steroid dienone is 1. The minimum atomic E-state index is -4.79. The van der Waals surface area contributed by atoms with Crippen molar-refractivity contribution >= 4 is 11.8 Å². The van der Waals surface area contributed by atoms with Crippen LogP contribution in [0.1, 0.15) is 33.6 Å². The van der Waals surface area contributed by atoms with Crippen molar-refractivity contribution in [3.63, 3.8) is 0 Å². The topological polar surface area (TPSA) is 73.9 Å². The molecule has 2 aliphatic rings. The summed E-state index contributed by atoms with van der Waals surface area (Å²) in [5.41, 5.74) is -1.82. The highest BCUT2D eigenvalue weighted by Crippen LogP contribution is 2.48. The third kappa shape index (κ3) is 3.52. The van der Waals surface area contributed by atoms with Crippen molar-refractivity contribution in [2.24, 2.45) is 5.92 Å². The van der Waals surface area contributed by atoms with Crippen molar-refractivity contribution in [3.8, 4) is 0 Å². The number of hydrogen-bond donors (Lipinski definition) is 1. The molecule has 1 N–H and O–H groups in total. The molecule has 0 aromatic carbocycles. The summed E-state index contributed by atoms with van der Waals surface area (Å²) in [6.45, 7) is 5.06. The van der Waals surface area contributed by atoms with E-state index < -0.39 is 41.2 Å². The molecule has 0 saturated heterocycles. The zero-order valence-electron chi connectivity index (χ0n) is 14.4. The summed E-state index contributed by atoms with van der Waals surface area (Å²) in [5.74, 6) is -4.09. The fourth-order valence-electron chi connectivity index (χ4n) is 3.53. The fraction of sp³-hybridized carbons (Fsp3) is 0.750. The average Bonchev–Trinajstić information content (AvgIpc) is 2.48. The highest BCUT2D eigenvalue weighted by molar-refractivity contribution is 5.93. The molecule has 0 spiro atoms. The van der Waals surface area contributed by atoms with Crippen LogP contribution in [0, 0.1) is 5.92 Å². The van der Waals surface area contributed by atoms with Crippen LogP contribution in [-0.2, 0) is 23.8 Å². The summed E-state index contributed by atoms with van der Waals surface area (Å²) < 4.78 is 56.8. The number of ketones is 1. The molecule has 1 aliphatic heterocycles. The van der Waals surface area contributed by atoms with Crippen molar-refractivity contribution in [1.82, 2.24) is 5.32 Å². The number of esters is 1. The molecule has 0 amide bonds. The molecule has 2 bridgehead atoms. The lowest BCUT2D eigenvalue weighted by atomic mass is 9.71. The van der Waals surface area contributed by atoms with Gasteiger partial charge in [0.1, 0.15) is 11.5 Å². The predicted molar refractivity (Wildman–Crippen MR) is 80.4 cm³/mol. The Balaban J connectivity index is 2.65. The molecule has 9 heteroatoms. The van der Waals surface area contributed by atoms with Crippen molar-refractivity contribution in [2.45, 2.75) is 51.6 Å². The second-order valence-corrected chi connectivity index (χ2v) is 5.79. The Hall–Kier alpha value is -1.61. The summed E-state index contributed by atoms with van der Waals surface area (Å²) in [6, 6.07) is -1.03. The molecule has 0 unspecified atom stereocenters. The number of carbonyl (C=O) groups is 2. The van der Waals surface area contributed by atoms with Gasteiger partial charge in [0, 0.05) is 26.1 Å². The number of ether oxygens (including phenoxy) is 3. The zero-order chi connectivity index (χ0) is 18.8. The quantitative estimate of drug-likeness (QED) is 0.574. The van der Waals surface area contributed by atoms with Crippen LogP contribution in [0.25, 0.3) is 0 Å². The standard InChI is InChI=1S/C16H22F3NO5/c1-4-23-14(22)12-10-7-9(21)8-11(20-13(12)16(17,18)19)15(10,24-5-2)25-6-3/h10-11,20H,4-8H2,1-3H3/t10-,11-/m1/s1. The third-order valence-corrected chi connectivity index (χ3v) is 4.29. The SMILES string of the molecule is CCOC(=O)C1=C(C(F)(F)F)N[C@@H]2CC(=O)C[C@H]1C2(OCC)OCC. The molecular formula is C16H22F3NO5. The van der Waals surface area contributed by atoms with E-state index >= 15 is 0 Å². The van der Waals surface area contributed by atoms with Gasteiger partial charge in [0.2, 0.25) is 0 Å². The molecule has 1 heterocycles. The number of carbonyl (C=O) groups excluding carboxylic acids is 2. The number of halogens is 3. The summed E-state index contributed by atoms with van der Waals surface area (Å²) in [5, 5.41) is 2.29. The van der Waals surface area contributed by atoms with Crippen LogP contribution in [0.4, 0.5) is 13.2 Å². The van der Waals surface area contributed by atoms with Crippen LogP contribution in [0.15, 0.2) is 11.3 Å². The lowest BCUT2D eigenvalue weighted by Gasteiger charge is -2.52. The van der Waals surface area contributed by atoms with E-state index in [0.717, 1.165) is 0 Å². The molecular weight excluding hydrogens is 343 g/mol. The molecule has 2 atom stereocenters. The number of Topliss-reactive ketones (excluding diaryl/α,β-unsaturated/α-hetero) is 1. The Labute approximate surface area is 143 Å². The largest absolute Gasteiger partial charge is 0.463 e. The Kier molecular flexibility index (Phi) is 5.78. The Morgan fingerprint density at radius 2 is 1.76 bits per heavy atom. The molecule has 1 saturated carbocycles. The van der Waals surface area contributed by atoms with E-state index in [2.05, 4.69) is 5.32 Å². The second kappa shape index (κ2) is 7.33. The van der Waals surface area contributed by atoms with Gasteiger partial charge in [0.25, 0.3) is 0 Å². The highest BCUT2D eigenvalue weighted by atomic mass is 19.4. The minimum absolute atomic E-state index is 0.0894. The summed E-state index contributed by atoms with van der Waals surface area (Å²) >= 11 is 0. The van der Waals surface area contributed by atoms with Crippen molar-refractivity contribution in [2.75, 3.05) is 19.8 Å². The number of hydrogen-bond acceptors (Lipinski definition) is 6. The maximum Gasteiger partial charge on any atom is 0.431 e. The molecule has 2 rings (SSSR count). The predicted octanol–water partition coefficient (Wildman–Crippen LogP) is 2.09. The maximum atomic E-state index is 13.5. The van der Waals surface area contributed by atoms with Crippen LogP contribution in [0.5, 0.6) is 0 Å². The lowest BCUT2D eigenvalue weighted by Crippen LogP contribution is -2.67. The van der Waals surface area contributed by atoms with Crippen molar-refractivity contribution in [1.29, 1.82) is 0 Å². The third-order valence-electron chi connectivity index (χ3n) is 4.29. The van der Waals surface area contributed by atoms with E-state index in [1.54, 1.807) is 13.8 Å². The van der Waals surface area contributed by atoms with E-state index in [-0.39, 0.29) is 38.4 Å². The first-order chi connectivity index (χ1) is 11.7. The van der Waals surface area contributed by atoms with Crippen LogP contribution in [0.2, 0.25) is 0 Å². The number of alkyl halides is 3. The van der Waals surface area contributed by atoms with Gasteiger partial charge in [-0.1, -0.05) is 0 Å². The van der Waals surface area contributed by atoms with E-state index in [1.807, 2.05) is 0 Å². The van der Waals surface area contributed by atoms with Crippen molar-refractivity contribution in [3.05, 3.63) is 11.3 Å². The maximum absolute atomic E-state index is 13.5. The van der Waals surface area contributed by atoms with Gasteiger partial charge in [-0.15, -0.1) is 0 Å². The molecule has 0 radical (unpaired) electrons. The van der Waals surface area contributed by atoms with Gasteiger partial charge in [-0.05, 0) is 20.8 Å². The monoisotopic (exact) mass is 365 g/mol. The van der Waals surface area contributed by atoms with Gasteiger partial charge in [0.05, 0.1) is 24.1 Å². The van der Waals surface area contributed by atoms with Crippen LogP contribution in [0.3, 0.4) is 0 Å². The summed E-state index contributed by atoms with van der Waals surface area (Å²) in [6.07, 6.45) is -5.23.